The van der Waals surface area contributed by atoms with Crippen molar-refractivity contribution in [3.05, 3.63) is 64.1 Å². The van der Waals surface area contributed by atoms with Gasteiger partial charge in [-0.05, 0) is 30.9 Å². The maximum Gasteiger partial charge on any atom is 0.292 e. The van der Waals surface area contributed by atoms with Crippen LogP contribution in [0.2, 0.25) is 5.02 Å². The Labute approximate surface area is 168 Å². The van der Waals surface area contributed by atoms with E-state index in [0.717, 1.165) is 31.8 Å². The van der Waals surface area contributed by atoms with Gasteiger partial charge in [-0.3, -0.25) is 4.79 Å². The Balaban J connectivity index is 1.70. The second-order valence-electron chi connectivity index (χ2n) is 7.48. The van der Waals surface area contributed by atoms with Gasteiger partial charge in [0.25, 0.3) is 5.56 Å². The summed E-state index contributed by atoms with van der Waals surface area (Å²) in [6.45, 7) is 5.99. The molecular formula is C20H23ClN6O. The molecule has 3 heterocycles. The molecule has 1 unspecified atom stereocenters. The molecule has 0 aliphatic carbocycles. The van der Waals surface area contributed by atoms with E-state index in [1.807, 2.05) is 30.3 Å². The first-order valence-corrected chi connectivity index (χ1v) is 9.91. The van der Waals surface area contributed by atoms with Crippen LogP contribution in [-0.2, 0) is 6.54 Å². The highest BCUT2D eigenvalue weighted by Gasteiger charge is 2.32. The highest BCUT2D eigenvalue weighted by atomic mass is 35.5. The fraction of sp³-hybridized carbons (Fsp3) is 0.400. The van der Waals surface area contributed by atoms with E-state index >= 15 is 0 Å². The van der Waals surface area contributed by atoms with Crippen molar-refractivity contribution in [3.8, 4) is 5.69 Å². The Kier molecular flexibility index (Phi) is 5.17. The maximum atomic E-state index is 12.9. The van der Waals surface area contributed by atoms with Crippen LogP contribution < -0.4 is 10.5 Å². The van der Waals surface area contributed by atoms with Gasteiger partial charge in [0.05, 0.1) is 23.6 Å². The Morgan fingerprint density at radius 1 is 1.25 bits per heavy atom. The largest absolute Gasteiger partial charge is 0.359 e. The van der Waals surface area contributed by atoms with Crippen LogP contribution in [0.15, 0.2) is 47.7 Å². The van der Waals surface area contributed by atoms with Crippen LogP contribution in [0.1, 0.15) is 38.6 Å². The summed E-state index contributed by atoms with van der Waals surface area (Å²) in [5, 5.41) is 13.0. The first-order chi connectivity index (χ1) is 13.6. The van der Waals surface area contributed by atoms with Crippen LogP contribution in [0.5, 0.6) is 0 Å². The summed E-state index contributed by atoms with van der Waals surface area (Å²) in [5.74, 6) is 1.40. The molecule has 0 saturated carbocycles. The zero-order chi connectivity index (χ0) is 19.7. The van der Waals surface area contributed by atoms with E-state index in [-0.39, 0.29) is 16.6 Å². The third-order valence-electron chi connectivity index (χ3n) is 4.97. The number of hydrogen-bond acceptors (Lipinski definition) is 5. The summed E-state index contributed by atoms with van der Waals surface area (Å²) in [6, 6.07) is 9.32. The summed E-state index contributed by atoms with van der Waals surface area (Å²) in [5.41, 5.74) is 1.02. The predicted molar refractivity (Wildman–Crippen MR) is 109 cm³/mol. The molecule has 1 aliphatic heterocycles. The van der Waals surface area contributed by atoms with E-state index < -0.39 is 0 Å². The van der Waals surface area contributed by atoms with Gasteiger partial charge in [0.15, 0.2) is 5.82 Å². The molecule has 0 amide bonds. The third-order valence-corrected chi connectivity index (χ3v) is 5.32. The van der Waals surface area contributed by atoms with Gasteiger partial charge >= 0.3 is 0 Å². The fourth-order valence-electron chi connectivity index (χ4n) is 3.76. The number of aromatic nitrogens is 5. The van der Waals surface area contributed by atoms with E-state index in [1.165, 1.54) is 4.68 Å². The van der Waals surface area contributed by atoms with Gasteiger partial charge in [-0.2, -0.15) is 9.78 Å². The molecule has 7 nitrogen and oxygen atoms in total. The van der Waals surface area contributed by atoms with Gasteiger partial charge in [-0.15, -0.1) is 10.2 Å². The average Bonchev–Trinajstić information content (AvgIpc) is 3.33. The molecule has 1 fully saturated rings. The van der Waals surface area contributed by atoms with Crippen LogP contribution >= 0.6 is 11.6 Å². The van der Waals surface area contributed by atoms with E-state index in [9.17, 15) is 4.79 Å². The Morgan fingerprint density at radius 2 is 2.04 bits per heavy atom. The lowest BCUT2D eigenvalue weighted by molar-refractivity contribution is 0.488. The Bertz CT molecular complexity index is 1010. The summed E-state index contributed by atoms with van der Waals surface area (Å²) in [4.78, 5) is 15.0. The molecule has 1 aromatic carbocycles. The molecule has 0 radical (unpaired) electrons. The van der Waals surface area contributed by atoms with Gasteiger partial charge < -0.3 is 9.47 Å². The van der Waals surface area contributed by atoms with Crippen LogP contribution in [-0.4, -0.2) is 31.1 Å². The van der Waals surface area contributed by atoms with Crippen molar-refractivity contribution in [2.24, 2.45) is 5.92 Å². The van der Waals surface area contributed by atoms with Crippen molar-refractivity contribution in [3.63, 3.8) is 0 Å². The van der Waals surface area contributed by atoms with Crippen LogP contribution in [0.25, 0.3) is 5.69 Å². The first kappa shape index (κ1) is 18.7. The Morgan fingerprint density at radius 3 is 2.79 bits per heavy atom. The topological polar surface area (TPSA) is 68.8 Å². The molecule has 1 atom stereocenters. The minimum atomic E-state index is -0.320. The van der Waals surface area contributed by atoms with Crippen molar-refractivity contribution >= 4 is 17.3 Å². The monoisotopic (exact) mass is 398 g/mol. The number of hydrogen-bond donors (Lipinski definition) is 0. The third kappa shape index (κ3) is 3.42. The maximum absolute atomic E-state index is 12.9. The molecule has 4 rings (SSSR count). The van der Waals surface area contributed by atoms with Gasteiger partial charge in [0, 0.05) is 13.1 Å². The molecule has 146 valence electrons. The Hall–Kier alpha value is -2.67. The number of benzene rings is 1. The van der Waals surface area contributed by atoms with E-state index in [0.29, 0.717) is 17.3 Å². The second kappa shape index (κ2) is 7.75. The molecule has 28 heavy (non-hydrogen) atoms. The van der Waals surface area contributed by atoms with Crippen LogP contribution in [0.4, 0.5) is 5.69 Å². The second-order valence-corrected chi connectivity index (χ2v) is 7.86. The van der Waals surface area contributed by atoms with E-state index in [4.69, 9.17) is 11.6 Å². The van der Waals surface area contributed by atoms with Crippen molar-refractivity contribution in [1.82, 2.24) is 24.5 Å². The standard InChI is InChI=1S/C20H23ClN6O/c1-14(2)12-25-13-22-24-19(25)16-9-6-10-26(16)17-11-23-27(20(28)18(17)21)15-7-4-3-5-8-15/h3-5,7-8,11,13-14,16H,6,9-10,12H2,1-2H3. The lowest BCUT2D eigenvalue weighted by Gasteiger charge is -2.27. The molecule has 0 bridgehead atoms. The number of rotatable bonds is 5. The fourth-order valence-corrected chi connectivity index (χ4v) is 3.99. The number of nitrogens with zero attached hydrogens (tertiary/aromatic N) is 6. The quantitative estimate of drug-likeness (QED) is 0.658. The summed E-state index contributed by atoms with van der Waals surface area (Å²) < 4.78 is 3.43. The first-order valence-electron chi connectivity index (χ1n) is 9.54. The van der Waals surface area contributed by atoms with Crippen molar-refractivity contribution in [2.75, 3.05) is 11.4 Å². The molecule has 8 heteroatoms. The average molecular weight is 399 g/mol. The lowest BCUT2D eigenvalue weighted by atomic mass is 10.1. The zero-order valence-corrected chi connectivity index (χ0v) is 16.8. The molecule has 0 N–H and O–H groups in total. The smallest absolute Gasteiger partial charge is 0.292 e. The molecule has 2 aromatic heterocycles. The van der Waals surface area contributed by atoms with Gasteiger partial charge in [-0.1, -0.05) is 43.6 Å². The van der Waals surface area contributed by atoms with Crippen LogP contribution in [0, 0.1) is 5.92 Å². The summed E-state index contributed by atoms with van der Waals surface area (Å²) in [7, 11) is 0. The normalized spacial score (nSPS) is 16.9. The molecule has 1 aliphatic rings. The lowest BCUT2D eigenvalue weighted by Crippen LogP contribution is -2.30. The van der Waals surface area contributed by atoms with E-state index in [1.54, 1.807) is 12.5 Å². The van der Waals surface area contributed by atoms with Gasteiger partial charge in [0.2, 0.25) is 0 Å². The molecule has 1 saturated heterocycles. The van der Waals surface area contributed by atoms with Crippen molar-refractivity contribution < 1.29 is 0 Å². The van der Waals surface area contributed by atoms with Crippen molar-refractivity contribution in [2.45, 2.75) is 39.3 Å². The van der Waals surface area contributed by atoms with E-state index in [2.05, 4.69) is 38.6 Å². The molecular weight excluding hydrogens is 376 g/mol. The summed E-state index contributed by atoms with van der Waals surface area (Å²) in [6.07, 6.45) is 5.39. The summed E-state index contributed by atoms with van der Waals surface area (Å²) >= 11 is 6.52. The zero-order valence-electron chi connectivity index (χ0n) is 16.0. The predicted octanol–water partition coefficient (Wildman–Crippen LogP) is 3.47. The van der Waals surface area contributed by atoms with Gasteiger partial charge in [-0.25, -0.2) is 0 Å². The van der Waals surface area contributed by atoms with Crippen LogP contribution in [0.3, 0.4) is 0 Å². The minimum absolute atomic E-state index is 0.0347. The van der Waals surface area contributed by atoms with Gasteiger partial charge in [0.1, 0.15) is 11.3 Å². The number of anilines is 1. The number of para-hydroxylation sites is 1. The highest BCUT2D eigenvalue weighted by Crippen LogP contribution is 2.37. The molecule has 3 aromatic rings. The van der Waals surface area contributed by atoms with Crippen molar-refractivity contribution in [1.29, 1.82) is 0 Å². The molecule has 0 spiro atoms. The number of halogens is 1. The minimum Gasteiger partial charge on any atom is -0.359 e. The highest BCUT2D eigenvalue weighted by molar-refractivity contribution is 6.33. The SMILES string of the molecule is CC(C)Cn1cnnc1C1CCCN1c1cnn(-c2ccccc2)c(=O)c1Cl.